The maximum atomic E-state index is 5.88. The zero-order valence-corrected chi connectivity index (χ0v) is 15.3. The number of hydrogen-bond acceptors (Lipinski definition) is 3. The van der Waals surface area contributed by atoms with Crippen molar-refractivity contribution in [1.29, 1.82) is 0 Å². The highest BCUT2D eigenvalue weighted by atomic mass is 79.9. The summed E-state index contributed by atoms with van der Waals surface area (Å²) in [6.07, 6.45) is 1.97. The summed E-state index contributed by atoms with van der Waals surface area (Å²) >= 11 is 3.51. The van der Waals surface area contributed by atoms with Gasteiger partial charge in [-0.25, -0.2) is 0 Å². The van der Waals surface area contributed by atoms with Gasteiger partial charge in [-0.2, -0.15) is 0 Å². The summed E-state index contributed by atoms with van der Waals surface area (Å²) < 4.78 is 6.68. The van der Waals surface area contributed by atoms with E-state index in [0.29, 0.717) is 0 Å². The predicted molar refractivity (Wildman–Crippen MR) is 101 cm³/mol. The molecule has 124 valence electrons. The van der Waals surface area contributed by atoms with E-state index >= 15 is 0 Å². The van der Waals surface area contributed by atoms with E-state index < -0.39 is 0 Å². The highest BCUT2D eigenvalue weighted by Crippen LogP contribution is 2.33. The van der Waals surface area contributed by atoms with E-state index in [1.807, 2.05) is 18.2 Å². The van der Waals surface area contributed by atoms with Gasteiger partial charge in [-0.1, -0.05) is 40.2 Å². The van der Waals surface area contributed by atoms with Crippen molar-refractivity contribution in [2.75, 3.05) is 18.9 Å². The second-order valence-corrected chi connectivity index (χ2v) is 6.72. The molecule has 0 bridgehead atoms. The Morgan fingerprint density at radius 1 is 1.09 bits per heavy atom. The number of rotatable bonds is 4. The van der Waals surface area contributed by atoms with Crippen LogP contribution in [0.15, 0.2) is 53.0 Å². The fraction of sp³-hybridized carbons (Fsp3) is 0.333. The highest BCUT2D eigenvalue weighted by Gasteiger charge is 2.33. The molecule has 0 radical (unpaired) electrons. The zero-order chi connectivity index (χ0) is 15.4. The van der Waals surface area contributed by atoms with Gasteiger partial charge in [-0.3, -0.25) is 0 Å². The van der Waals surface area contributed by atoms with Crippen LogP contribution in [0.4, 0.5) is 5.69 Å². The van der Waals surface area contributed by atoms with Crippen LogP contribution in [0.1, 0.15) is 24.0 Å². The second-order valence-electron chi connectivity index (χ2n) is 5.80. The lowest BCUT2D eigenvalue weighted by Crippen LogP contribution is -2.46. The molecule has 0 amide bonds. The minimum absolute atomic E-state index is 0. The third-order valence-corrected chi connectivity index (χ3v) is 4.85. The van der Waals surface area contributed by atoms with Gasteiger partial charge in [0.1, 0.15) is 0 Å². The summed E-state index contributed by atoms with van der Waals surface area (Å²) in [6.45, 7) is 2.39. The summed E-state index contributed by atoms with van der Waals surface area (Å²) in [5, 5.41) is 3.76. The molecule has 0 atom stereocenters. The van der Waals surface area contributed by atoms with Crippen molar-refractivity contribution < 1.29 is 4.74 Å². The van der Waals surface area contributed by atoms with Crippen molar-refractivity contribution in [3.05, 3.63) is 64.1 Å². The van der Waals surface area contributed by atoms with Gasteiger partial charge in [0, 0.05) is 35.5 Å². The largest absolute Gasteiger partial charge is 0.399 e. The first kappa shape index (κ1) is 18.3. The number of nitrogens with one attached hydrogen (secondary N) is 1. The number of halogens is 2. The van der Waals surface area contributed by atoms with Crippen molar-refractivity contribution in [3.8, 4) is 0 Å². The van der Waals surface area contributed by atoms with Crippen molar-refractivity contribution in [2.45, 2.75) is 24.9 Å². The molecule has 0 spiro atoms. The van der Waals surface area contributed by atoms with Crippen LogP contribution in [0.3, 0.4) is 0 Å². The average molecular weight is 398 g/mol. The molecular weight excluding hydrogens is 376 g/mol. The number of nitrogens with two attached hydrogens (primary N) is 1. The van der Waals surface area contributed by atoms with E-state index in [4.69, 9.17) is 10.5 Å². The van der Waals surface area contributed by atoms with Gasteiger partial charge in [0.05, 0.1) is 0 Å². The first-order chi connectivity index (χ1) is 10.7. The van der Waals surface area contributed by atoms with E-state index in [0.717, 1.165) is 42.8 Å². The summed E-state index contributed by atoms with van der Waals surface area (Å²) in [7, 11) is 0. The van der Waals surface area contributed by atoms with Crippen LogP contribution >= 0.6 is 28.3 Å². The number of anilines is 1. The van der Waals surface area contributed by atoms with Crippen LogP contribution in [0.5, 0.6) is 0 Å². The Bertz CT molecular complexity index is 627. The molecule has 23 heavy (non-hydrogen) atoms. The monoisotopic (exact) mass is 396 g/mol. The molecule has 5 heteroatoms. The Labute approximate surface area is 152 Å². The third-order valence-electron chi connectivity index (χ3n) is 4.33. The standard InChI is InChI=1S/C18H21BrN2O.ClH/c19-16-6-4-15(5-7-16)18(8-10-22-11-9-18)21-13-14-2-1-3-17(20)12-14;/h1-7,12,21H,8-11,13,20H2;1H. The minimum atomic E-state index is -0.0243. The van der Waals surface area contributed by atoms with Crippen LogP contribution in [0.2, 0.25) is 0 Å². The van der Waals surface area contributed by atoms with Gasteiger partial charge in [0.15, 0.2) is 0 Å². The van der Waals surface area contributed by atoms with Crippen molar-refractivity contribution in [3.63, 3.8) is 0 Å². The van der Waals surface area contributed by atoms with Gasteiger partial charge in [0.25, 0.3) is 0 Å². The van der Waals surface area contributed by atoms with Crippen LogP contribution in [-0.4, -0.2) is 13.2 Å². The Morgan fingerprint density at radius 3 is 2.43 bits per heavy atom. The van der Waals surface area contributed by atoms with Gasteiger partial charge >= 0.3 is 0 Å². The topological polar surface area (TPSA) is 47.3 Å². The van der Waals surface area contributed by atoms with Crippen LogP contribution in [0.25, 0.3) is 0 Å². The smallest absolute Gasteiger partial charge is 0.0486 e. The van der Waals surface area contributed by atoms with E-state index in [1.165, 1.54) is 11.1 Å². The van der Waals surface area contributed by atoms with E-state index in [1.54, 1.807) is 0 Å². The molecule has 0 saturated carbocycles. The van der Waals surface area contributed by atoms with Gasteiger partial charge in [-0.15, -0.1) is 12.4 Å². The fourth-order valence-electron chi connectivity index (χ4n) is 3.03. The molecule has 3 nitrogen and oxygen atoms in total. The lowest BCUT2D eigenvalue weighted by Gasteiger charge is -2.39. The molecule has 0 aromatic heterocycles. The number of nitrogen functional groups attached to an aromatic ring is 1. The number of ether oxygens (including phenoxy) is 1. The molecule has 1 saturated heterocycles. The molecule has 1 heterocycles. The fourth-order valence-corrected chi connectivity index (χ4v) is 3.29. The van der Waals surface area contributed by atoms with Gasteiger partial charge < -0.3 is 15.8 Å². The minimum Gasteiger partial charge on any atom is -0.399 e. The Hall–Kier alpha value is -1.07. The molecule has 1 aliphatic rings. The highest BCUT2D eigenvalue weighted by molar-refractivity contribution is 9.10. The molecule has 3 rings (SSSR count). The first-order valence-corrected chi connectivity index (χ1v) is 8.40. The second kappa shape index (κ2) is 8.15. The molecule has 2 aromatic carbocycles. The molecule has 1 aliphatic heterocycles. The molecule has 0 unspecified atom stereocenters. The summed E-state index contributed by atoms with van der Waals surface area (Å²) in [5.74, 6) is 0. The maximum absolute atomic E-state index is 5.88. The van der Waals surface area contributed by atoms with Gasteiger partial charge in [0.2, 0.25) is 0 Å². The van der Waals surface area contributed by atoms with E-state index in [9.17, 15) is 0 Å². The number of hydrogen-bond donors (Lipinski definition) is 2. The average Bonchev–Trinajstić information content (AvgIpc) is 2.55. The molecular formula is C18H22BrClN2O. The quantitative estimate of drug-likeness (QED) is 0.758. The Balaban J connectivity index is 0.00000192. The van der Waals surface area contributed by atoms with Gasteiger partial charge in [-0.05, 0) is 48.2 Å². The third kappa shape index (κ3) is 4.48. The summed E-state index contributed by atoms with van der Waals surface area (Å²) in [4.78, 5) is 0. The van der Waals surface area contributed by atoms with Crippen LogP contribution in [-0.2, 0) is 16.8 Å². The molecule has 0 aliphatic carbocycles. The molecule has 2 aromatic rings. The maximum Gasteiger partial charge on any atom is 0.0486 e. The SMILES string of the molecule is Cl.Nc1cccc(CNC2(c3ccc(Br)cc3)CCOCC2)c1. The molecule has 1 fully saturated rings. The number of benzene rings is 2. The van der Waals surface area contributed by atoms with Crippen molar-refractivity contribution >= 4 is 34.0 Å². The molecule has 3 N–H and O–H groups in total. The van der Waals surface area contributed by atoms with Crippen LogP contribution in [0, 0.1) is 0 Å². The van der Waals surface area contributed by atoms with Crippen LogP contribution < -0.4 is 11.1 Å². The summed E-state index contributed by atoms with van der Waals surface area (Å²) in [6, 6.07) is 16.7. The summed E-state index contributed by atoms with van der Waals surface area (Å²) in [5.41, 5.74) is 9.19. The zero-order valence-electron chi connectivity index (χ0n) is 12.9. The Kier molecular flexibility index (Phi) is 6.48. The van der Waals surface area contributed by atoms with Crippen molar-refractivity contribution in [1.82, 2.24) is 5.32 Å². The van der Waals surface area contributed by atoms with Crippen molar-refractivity contribution in [2.24, 2.45) is 0 Å². The Morgan fingerprint density at radius 2 is 1.78 bits per heavy atom. The lowest BCUT2D eigenvalue weighted by molar-refractivity contribution is 0.0358. The van der Waals surface area contributed by atoms with E-state index in [2.05, 4.69) is 51.6 Å². The van der Waals surface area contributed by atoms with E-state index in [-0.39, 0.29) is 17.9 Å². The normalized spacial score (nSPS) is 16.6. The predicted octanol–water partition coefficient (Wildman–Crippen LogP) is 4.25. The first-order valence-electron chi connectivity index (χ1n) is 7.61. The lowest BCUT2D eigenvalue weighted by atomic mass is 9.82.